The standard InChI is InChI=1S/C41H24N2S/c1-2-11-29-27(9-1)28-10-3-4-12-30(28)34-21-25(17-19-31(29)34)37-23-36-35-22-26(18-20-40(35)44-41(36)24-42-37)43-38-15-7-5-13-32(38)33-14-6-8-16-39(33)43/h1-24H. The summed E-state index contributed by atoms with van der Waals surface area (Å²) < 4.78 is 4.88. The van der Waals surface area contributed by atoms with E-state index in [1.165, 1.54) is 80.0 Å². The van der Waals surface area contributed by atoms with Crippen LogP contribution in [0.25, 0.3) is 91.2 Å². The first-order chi connectivity index (χ1) is 21.8. The van der Waals surface area contributed by atoms with Crippen LogP contribution < -0.4 is 0 Å². The van der Waals surface area contributed by atoms with Gasteiger partial charge in [-0.15, -0.1) is 11.3 Å². The molecule has 0 amide bonds. The molecule has 0 spiro atoms. The predicted molar refractivity (Wildman–Crippen MR) is 189 cm³/mol. The molecule has 0 aliphatic rings. The molecule has 0 N–H and O–H groups in total. The topological polar surface area (TPSA) is 17.8 Å². The molecule has 44 heavy (non-hydrogen) atoms. The molecule has 0 atom stereocenters. The van der Waals surface area contributed by atoms with Gasteiger partial charge in [-0.2, -0.15) is 0 Å². The lowest BCUT2D eigenvalue weighted by Gasteiger charge is -2.12. The van der Waals surface area contributed by atoms with Crippen molar-refractivity contribution in [3.63, 3.8) is 0 Å². The van der Waals surface area contributed by atoms with Crippen LogP contribution in [-0.2, 0) is 0 Å². The highest BCUT2D eigenvalue weighted by Gasteiger charge is 2.15. The summed E-state index contributed by atoms with van der Waals surface area (Å²) >= 11 is 1.81. The van der Waals surface area contributed by atoms with Gasteiger partial charge in [0.15, 0.2) is 0 Å². The maximum Gasteiger partial charge on any atom is 0.0709 e. The number of nitrogens with zero attached hydrogens (tertiary/aromatic N) is 2. The van der Waals surface area contributed by atoms with Crippen molar-refractivity contribution in [1.82, 2.24) is 9.55 Å². The molecular formula is C41H24N2S. The maximum absolute atomic E-state index is 4.98. The van der Waals surface area contributed by atoms with E-state index >= 15 is 0 Å². The summed E-state index contributed by atoms with van der Waals surface area (Å²) in [6.45, 7) is 0. The van der Waals surface area contributed by atoms with Gasteiger partial charge in [0.25, 0.3) is 0 Å². The van der Waals surface area contributed by atoms with E-state index in [0.29, 0.717) is 0 Å². The van der Waals surface area contributed by atoms with E-state index in [4.69, 9.17) is 4.98 Å². The first kappa shape index (κ1) is 24.0. The van der Waals surface area contributed by atoms with Crippen LogP contribution in [0.5, 0.6) is 0 Å². The van der Waals surface area contributed by atoms with E-state index in [1.807, 2.05) is 11.3 Å². The fourth-order valence-electron chi connectivity index (χ4n) is 7.24. The SMILES string of the molecule is c1ccc2c(c1)c1ccccc1c1cc(-c3cc4c(cn3)sc3ccc(-n5c6ccccc6c6ccccc65)cc34)ccc21. The quantitative estimate of drug-likeness (QED) is 0.187. The summed E-state index contributed by atoms with van der Waals surface area (Å²) in [7, 11) is 0. The number of para-hydroxylation sites is 2. The molecule has 0 aliphatic heterocycles. The molecule has 0 aliphatic carbocycles. The molecule has 2 nitrogen and oxygen atoms in total. The lowest BCUT2D eigenvalue weighted by Crippen LogP contribution is -1.93. The van der Waals surface area contributed by atoms with Gasteiger partial charge in [-0.25, -0.2) is 0 Å². The number of hydrogen-bond donors (Lipinski definition) is 0. The molecule has 0 bridgehead atoms. The normalized spacial score (nSPS) is 12.1. The van der Waals surface area contributed by atoms with Gasteiger partial charge in [0.05, 0.1) is 21.4 Å². The van der Waals surface area contributed by atoms with Gasteiger partial charge >= 0.3 is 0 Å². The van der Waals surface area contributed by atoms with E-state index in [9.17, 15) is 0 Å². The second kappa shape index (κ2) is 9.00. The van der Waals surface area contributed by atoms with E-state index in [0.717, 1.165) is 11.3 Å². The van der Waals surface area contributed by atoms with E-state index < -0.39 is 0 Å². The van der Waals surface area contributed by atoms with E-state index in [-0.39, 0.29) is 0 Å². The van der Waals surface area contributed by atoms with Gasteiger partial charge in [0.1, 0.15) is 0 Å². The molecule has 0 radical (unpaired) electrons. The van der Waals surface area contributed by atoms with E-state index in [2.05, 4.69) is 150 Å². The van der Waals surface area contributed by atoms with Crippen molar-refractivity contribution in [2.24, 2.45) is 0 Å². The third-order valence-electron chi connectivity index (χ3n) is 9.22. The molecule has 3 heteroatoms. The number of aromatic nitrogens is 2. The van der Waals surface area contributed by atoms with Crippen molar-refractivity contribution in [3.05, 3.63) is 146 Å². The minimum Gasteiger partial charge on any atom is -0.309 e. The van der Waals surface area contributed by atoms with Crippen molar-refractivity contribution in [2.45, 2.75) is 0 Å². The highest BCUT2D eigenvalue weighted by molar-refractivity contribution is 7.25. The van der Waals surface area contributed by atoms with Crippen molar-refractivity contribution in [3.8, 4) is 16.9 Å². The Morgan fingerprint density at radius 3 is 1.61 bits per heavy atom. The van der Waals surface area contributed by atoms with Crippen LogP contribution in [0.4, 0.5) is 0 Å². The molecule has 0 fully saturated rings. The van der Waals surface area contributed by atoms with Gasteiger partial charge in [0.2, 0.25) is 0 Å². The molecule has 3 aromatic heterocycles. The minimum absolute atomic E-state index is 0.999. The number of benzene rings is 7. The average Bonchev–Trinajstić information content (AvgIpc) is 3.63. The third kappa shape index (κ3) is 3.33. The zero-order valence-corrected chi connectivity index (χ0v) is 24.5. The molecule has 7 aromatic carbocycles. The second-order valence-corrected chi connectivity index (χ2v) is 12.7. The smallest absolute Gasteiger partial charge is 0.0709 e. The van der Waals surface area contributed by atoms with Crippen LogP contribution in [0.2, 0.25) is 0 Å². The molecule has 204 valence electrons. The Hall–Kier alpha value is -5.51. The molecule has 3 heterocycles. The van der Waals surface area contributed by atoms with Gasteiger partial charge in [-0.3, -0.25) is 4.98 Å². The Kier molecular flexibility index (Phi) is 4.90. The Balaban J connectivity index is 1.19. The number of hydrogen-bond acceptors (Lipinski definition) is 2. The summed E-state index contributed by atoms with van der Waals surface area (Å²) in [5, 5.41) is 12.8. The highest BCUT2D eigenvalue weighted by Crippen LogP contribution is 2.40. The minimum atomic E-state index is 0.999. The summed E-state index contributed by atoms with van der Waals surface area (Å²) in [4.78, 5) is 4.98. The van der Waals surface area contributed by atoms with Crippen LogP contribution >= 0.6 is 11.3 Å². The lowest BCUT2D eigenvalue weighted by molar-refractivity contribution is 1.19. The summed E-state index contributed by atoms with van der Waals surface area (Å²) in [5.41, 5.74) is 5.77. The summed E-state index contributed by atoms with van der Waals surface area (Å²) in [5.74, 6) is 0. The number of rotatable bonds is 2. The van der Waals surface area contributed by atoms with Crippen molar-refractivity contribution < 1.29 is 0 Å². The number of fused-ring (bicyclic) bond motifs is 12. The average molecular weight is 577 g/mol. The fourth-order valence-corrected chi connectivity index (χ4v) is 8.27. The summed E-state index contributed by atoms with van der Waals surface area (Å²) in [6, 6.07) is 50.9. The van der Waals surface area contributed by atoms with Crippen molar-refractivity contribution in [1.29, 1.82) is 0 Å². The number of pyridine rings is 1. The lowest BCUT2D eigenvalue weighted by atomic mass is 9.93. The Morgan fingerprint density at radius 1 is 0.409 bits per heavy atom. The van der Waals surface area contributed by atoms with Crippen LogP contribution in [0.15, 0.2) is 146 Å². The van der Waals surface area contributed by atoms with Crippen molar-refractivity contribution >= 4 is 85.6 Å². The fraction of sp³-hybridized carbons (Fsp3) is 0. The Labute approximate surface area is 257 Å². The van der Waals surface area contributed by atoms with Gasteiger partial charge in [-0.1, -0.05) is 97.1 Å². The van der Waals surface area contributed by atoms with Gasteiger partial charge < -0.3 is 4.57 Å². The van der Waals surface area contributed by atoms with Gasteiger partial charge in [-0.05, 0) is 74.8 Å². The first-order valence-electron chi connectivity index (χ1n) is 15.0. The Bertz CT molecular complexity index is 2690. The number of thiophene rings is 1. The molecule has 10 rings (SSSR count). The molecule has 0 saturated heterocycles. The second-order valence-electron chi connectivity index (χ2n) is 11.6. The van der Waals surface area contributed by atoms with Crippen LogP contribution in [0, 0.1) is 0 Å². The maximum atomic E-state index is 4.98. The monoisotopic (exact) mass is 576 g/mol. The molecule has 0 unspecified atom stereocenters. The first-order valence-corrected chi connectivity index (χ1v) is 15.8. The van der Waals surface area contributed by atoms with Gasteiger partial charge in [0, 0.05) is 43.7 Å². The Morgan fingerprint density at radius 2 is 0.955 bits per heavy atom. The van der Waals surface area contributed by atoms with Crippen LogP contribution in [0.3, 0.4) is 0 Å². The largest absolute Gasteiger partial charge is 0.309 e. The van der Waals surface area contributed by atoms with Crippen LogP contribution in [-0.4, -0.2) is 9.55 Å². The molecular weight excluding hydrogens is 553 g/mol. The zero-order valence-electron chi connectivity index (χ0n) is 23.7. The van der Waals surface area contributed by atoms with Crippen LogP contribution in [0.1, 0.15) is 0 Å². The third-order valence-corrected chi connectivity index (χ3v) is 10.3. The molecule has 0 saturated carbocycles. The van der Waals surface area contributed by atoms with Crippen molar-refractivity contribution in [2.75, 3.05) is 0 Å². The summed E-state index contributed by atoms with van der Waals surface area (Å²) in [6.07, 6.45) is 2.05. The highest BCUT2D eigenvalue weighted by atomic mass is 32.1. The van der Waals surface area contributed by atoms with E-state index in [1.54, 1.807) is 0 Å². The zero-order chi connectivity index (χ0) is 28.8. The predicted octanol–water partition coefficient (Wildman–Crippen LogP) is 11.7. The molecule has 10 aromatic rings.